The summed E-state index contributed by atoms with van der Waals surface area (Å²) in [5.41, 5.74) is -0.482. The monoisotopic (exact) mass is 375 g/mol. The molecule has 0 saturated carbocycles. The van der Waals surface area contributed by atoms with Gasteiger partial charge < -0.3 is 5.32 Å². The van der Waals surface area contributed by atoms with Gasteiger partial charge in [-0.25, -0.2) is 4.98 Å². The lowest BCUT2D eigenvalue weighted by molar-refractivity contribution is -0.385. The Balaban J connectivity index is 2.16. The molecule has 2 aromatic heterocycles. The Morgan fingerprint density at radius 2 is 2.30 bits per heavy atom. The second-order valence-electron chi connectivity index (χ2n) is 3.70. The predicted molar refractivity (Wildman–Crippen MR) is 79.1 cm³/mol. The first-order chi connectivity index (χ1) is 9.47. The third-order valence-electron chi connectivity index (χ3n) is 2.34. The first kappa shape index (κ1) is 14.9. The van der Waals surface area contributed by atoms with Crippen LogP contribution in [-0.2, 0) is 6.54 Å². The van der Waals surface area contributed by atoms with Crippen LogP contribution in [0.15, 0.2) is 28.2 Å². The molecular weight excluding hydrogens is 370 g/mol. The molecule has 0 atom stereocenters. The Morgan fingerprint density at radius 3 is 2.90 bits per heavy atom. The van der Waals surface area contributed by atoms with Crippen molar-refractivity contribution in [2.75, 3.05) is 0 Å². The van der Waals surface area contributed by atoms with Gasteiger partial charge in [-0.1, -0.05) is 11.6 Å². The lowest BCUT2D eigenvalue weighted by Gasteiger charge is -2.04. The maximum absolute atomic E-state index is 12.0. The summed E-state index contributed by atoms with van der Waals surface area (Å²) < 4.78 is 0.921. The number of carbonyl (C=O) groups excluding carboxylic acids is 1. The first-order valence-corrected chi connectivity index (χ1v) is 7.33. The van der Waals surface area contributed by atoms with Crippen LogP contribution >= 0.6 is 38.9 Å². The Bertz CT molecular complexity index is 677. The van der Waals surface area contributed by atoms with E-state index in [1.807, 2.05) is 11.4 Å². The summed E-state index contributed by atoms with van der Waals surface area (Å²) in [6.45, 7) is 0.284. The molecule has 9 heteroatoms. The van der Waals surface area contributed by atoms with E-state index in [9.17, 15) is 14.9 Å². The van der Waals surface area contributed by atoms with Crippen LogP contribution in [0.25, 0.3) is 0 Å². The van der Waals surface area contributed by atoms with Crippen LogP contribution in [0.4, 0.5) is 5.69 Å². The molecular formula is C11H7BrClN3O3S. The van der Waals surface area contributed by atoms with Gasteiger partial charge in [0.1, 0.15) is 16.9 Å². The van der Waals surface area contributed by atoms with Crippen molar-refractivity contribution in [2.45, 2.75) is 6.54 Å². The molecule has 1 amide bonds. The van der Waals surface area contributed by atoms with Crippen molar-refractivity contribution in [3.63, 3.8) is 0 Å². The number of nitrogens with one attached hydrogen (secondary N) is 1. The van der Waals surface area contributed by atoms with E-state index in [1.165, 1.54) is 17.4 Å². The fourth-order valence-electron chi connectivity index (χ4n) is 1.46. The lowest BCUT2D eigenvalue weighted by atomic mass is 10.2. The molecule has 0 spiro atoms. The van der Waals surface area contributed by atoms with Gasteiger partial charge in [-0.2, -0.15) is 0 Å². The standard InChI is InChI=1S/C11H7BrClN3O3S/c12-6-1-7(20-5-6)3-15-11(17)8-2-10(13)14-4-9(8)16(18)19/h1-2,4-5H,3H2,(H,15,17). The first-order valence-electron chi connectivity index (χ1n) is 5.28. The van der Waals surface area contributed by atoms with Crippen LogP contribution in [0.3, 0.4) is 0 Å². The Kier molecular flexibility index (Phi) is 4.69. The maximum atomic E-state index is 12.0. The molecule has 2 rings (SSSR count). The normalized spacial score (nSPS) is 10.3. The van der Waals surface area contributed by atoms with Crippen LogP contribution < -0.4 is 5.32 Å². The highest BCUT2D eigenvalue weighted by atomic mass is 79.9. The number of halogens is 2. The van der Waals surface area contributed by atoms with Gasteiger partial charge in [-0.15, -0.1) is 11.3 Å². The fourth-order valence-corrected chi connectivity index (χ4v) is 3.01. The highest BCUT2D eigenvalue weighted by Gasteiger charge is 2.21. The summed E-state index contributed by atoms with van der Waals surface area (Å²) in [6, 6.07) is 3.04. The molecule has 0 aliphatic rings. The zero-order chi connectivity index (χ0) is 14.7. The molecule has 0 unspecified atom stereocenters. The molecule has 20 heavy (non-hydrogen) atoms. The summed E-state index contributed by atoms with van der Waals surface area (Å²) in [7, 11) is 0. The second kappa shape index (κ2) is 6.29. The number of nitrogens with zero attached hydrogens (tertiary/aromatic N) is 2. The van der Waals surface area contributed by atoms with Crippen LogP contribution in [0.5, 0.6) is 0 Å². The van der Waals surface area contributed by atoms with Gasteiger partial charge in [-0.05, 0) is 28.1 Å². The highest BCUT2D eigenvalue weighted by Crippen LogP contribution is 2.22. The molecule has 0 saturated heterocycles. The third kappa shape index (κ3) is 3.53. The average molecular weight is 377 g/mol. The Morgan fingerprint density at radius 1 is 1.55 bits per heavy atom. The van der Waals surface area contributed by atoms with Crippen molar-refractivity contribution in [3.05, 3.63) is 53.9 Å². The van der Waals surface area contributed by atoms with E-state index in [0.29, 0.717) is 0 Å². The predicted octanol–water partition coefficient (Wildman–Crippen LogP) is 3.40. The molecule has 0 radical (unpaired) electrons. The minimum absolute atomic E-state index is 0.0274. The third-order valence-corrected chi connectivity index (χ3v) is 4.24. The number of pyridine rings is 1. The summed E-state index contributed by atoms with van der Waals surface area (Å²) in [5.74, 6) is -0.564. The number of carbonyl (C=O) groups is 1. The van der Waals surface area contributed by atoms with Crippen molar-refractivity contribution in [1.29, 1.82) is 0 Å². The van der Waals surface area contributed by atoms with Crippen molar-refractivity contribution >= 4 is 50.5 Å². The topological polar surface area (TPSA) is 85.1 Å². The van der Waals surface area contributed by atoms with E-state index in [2.05, 4.69) is 26.2 Å². The zero-order valence-electron chi connectivity index (χ0n) is 9.80. The Labute approximate surface area is 131 Å². The minimum Gasteiger partial charge on any atom is -0.347 e. The quantitative estimate of drug-likeness (QED) is 0.503. The minimum atomic E-state index is -0.667. The van der Waals surface area contributed by atoms with Gasteiger partial charge in [0.2, 0.25) is 0 Å². The zero-order valence-corrected chi connectivity index (χ0v) is 13.0. The molecule has 2 aromatic rings. The number of hydrogen-bond acceptors (Lipinski definition) is 5. The van der Waals surface area contributed by atoms with Gasteiger partial charge in [0.05, 0.1) is 11.5 Å². The number of aromatic nitrogens is 1. The van der Waals surface area contributed by atoms with Gasteiger partial charge in [0, 0.05) is 14.7 Å². The van der Waals surface area contributed by atoms with Gasteiger partial charge in [-0.3, -0.25) is 14.9 Å². The van der Waals surface area contributed by atoms with Crippen LogP contribution in [0, 0.1) is 10.1 Å². The van der Waals surface area contributed by atoms with E-state index in [4.69, 9.17) is 11.6 Å². The van der Waals surface area contributed by atoms with Crippen molar-refractivity contribution < 1.29 is 9.72 Å². The van der Waals surface area contributed by atoms with E-state index in [0.717, 1.165) is 15.5 Å². The second-order valence-corrected chi connectivity index (χ2v) is 5.99. The van der Waals surface area contributed by atoms with Crippen molar-refractivity contribution in [3.8, 4) is 0 Å². The SMILES string of the molecule is O=C(NCc1cc(Br)cs1)c1cc(Cl)ncc1[N+](=O)[O-]. The molecule has 0 fully saturated rings. The molecule has 1 N–H and O–H groups in total. The van der Waals surface area contributed by atoms with Gasteiger partial charge >= 0.3 is 0 Å². The molecule has 104 valence electrons. The van der Waals surface area contributed by atoms with E-state index < -0.39 is 10.8 Å². The smallest absolute Gasteiger partial charge is 0.300 e. The number of thiophene rings is 1. The Hall–Kier alpha value is -1.51. The molecule has 0 bridgehead atoms. The lowest BCUT2D eigenvalue weighted by Crippen LogP contribution is -2.23. The molecule has 0 aliphatic heterocycles. The molecule has 0 aromatic carbocycles. The molecule has 0 aliphatic carbocycles. The summed E-state index contributed by atoms with van der Waals surface area (Å²) in [5, 5.41) is 15.4. The molecule has 2 heterocycles. The highest BCUT2D eigenvalue weighted by molar-refractivity contribution is 9.10. The number of hydrogen-bond donors (Lipinski definition) is 1. The number of nitro groups is 1. The van der Waals surface area contributed by atoms with E-state index in [-0.39, 0.29) is 22.9 Å². The number of rotatable bonds is 4. The number of amides is 1. The maximum Gasteiger partial charge on any atom is 0.300 e. The summed E-state index contributed by atoms with van der Waals surface area (Å²) in [6.07, 6.45) is 0.971. The van der Waals surface area contributed by atoms with Crippen molar-refractivity contribution in [2.24, 2.45) is 0 Å². The van der Waals surface area contributed by atoms with Crippen LogP contribution in [-0.4, -0.2) is 15.8 Å². The average Bonchev–Trinajstić information content (AvgIpc) is 2.81. The van der Waals surface area contributed by atoms with Crippen LogP contribution in [0.1, 0.15) is 15.2 Å². The van der Waals surface area contributed by atoms with E-state index in [1.54, 1.807) is 0 Å². The van der Waals surface area contributed by atoms with Crippen molar-refractivity contribution in [1.82, 2.24) is 10.3 Å². The largest absolute Gasteiger partial charge is 0.347 e. The molecule has 6 nitrogen and oxygen atoms in total. The van der Waals surface area contributed by atoms with Crippen LogP contribution in [0.2, 0.25) is 5.15 Å². The summed E-state index contributed by atoms with van der Waals surface area (Å²) in [4.78, 5) is 26.7. The van der Waals surface area contributed by atoms with Gasteiger partial charge in [0.15, 0.2) is 0 Å². The summed E-state index contributed by atoms with van der Waals surface area (Å²) >= 11 is 10.4. The fraction of sp³-hybridized carbons (Fsp3) is 0.0909. The van der Waals surface area contributed by atoms with Gasteiger partial charge in [0.25, 0.3) is 11.6 Å². The van der Waals surface area contributed by atoms with E-state index >= 15 is 0 Å².